The Bertz CT molecular complexity index is 293. The minimum Gasteiger partial charge on any atom is -0.329 e. The summed E-state index contributed by atoms with van der Waals surface area (Å²) in [5.41, 5.74) is 6.87. The Balaban J connectivity index is 2.53. The monoisotopic (exact) mass is 208 g/mol. The van der Waals surface area contributed by atoms with E-state index in [4.69, 9.17) is 5.73 Å². The fraction of sp³-hybridized carbons (Fsp3) is 0.545. The van der Waals surface area contributed by atoms with Crippen molar-refractivity contribution in [1.82, 2.24) is 15.1 Å². The minimum atomic E-state index is 0.199. The van der Waals surface area contributed by atoms with Gasteiger partial charge in [0.15, 0.2) is 0 Å². The first-order chi connectivity index (χ1) is 7.31. The van der Waals surface area contributed by atoms with Gasteiger partial charge in [0.1, 0.15) is 0 Å². The van der Waals surface area contributed by atoms with Gasteiger partial charge in [0.05, 0.1) is 6.20 Å². The van der Waals surface area contributed by atoms with Gasteiger partial charge in [-0.1, -0.05) is 6.08 Å². The summed E-state index contributed by atoms with van der Waals surface area (Å²) in [5.74, 6) is 0. The van der Waals surface area contributed by atoms with Crippen LogP contribution in [0.1, 0.15) is 24.9 Å². The molecule has 4 nitrogen and oxygen atoms in total. The molecule has 0 aliphatic heterocycles. The molecule has 1 aromatic heterocycles. The first-order valence-corrected chi connectivity index (χ1v) is 5.38. The zero-order chi connectivity index (χ0) is 11.1. The van der Waals surface area contributed by atoms with E-state index in [1.54, 1.807) is 0 Å². The highest BCUT2D eigenvalue weighted by Gasteiger charge is 2.09. The smallest absolute Gasteiger partial charge is 0.0538 e. The fourth-order valence-corrected chi connectivity index (χ4v) is 1.43. The SMILES string of the molecule is C=CCCNC(CN)c1cnn(CC)c1. The van der Waals surface area contributed by atoms with Crippen LogP contribution in [0.25, 0.3) is 0 Å². The average molecular weight is 208 g/mol. The topological polar surface area (TPSA) is 55.9 Å². The molecule has 0 aromatic carbocycles. The van der Waals surface area contributed by atoms with Crippen molar-refractivity contribution in [2.75, 3.05) is 13.1 Å². The summed E-state index contributed by atoms with van der Waals surface area (Å²) < 4.78 is 1.91. The molecule has 1 aromatic rings. The molecular formula is C11H20N4. The predicted molar refractivity (Wildman–Crippen MR) is 62.5 cm³/mol. The molecule has 1 atom stereocenters. The summed E-state index contributed by atoms with van der Waals surface area (Å²) in [4.78, 5) is 0. The molecule has 0 amide bonds. The van der Waals surface area contributed by atoms with Crippen LogP contribution in [-0.4, -0.2) is 22.9 Å². The molecule has 0 aliphatic rings. The molecule has 0 bridgehead atoms. The van der Waals surface area contributed by atoms with E-state index < -0.39 is 0 Å². The summed E-state index contributed by atoms with van der Waals surface area (Å²) in [5, 5.41) is 7.61. The van der Waals surface area contributed by atoms with Gasteiger partial charge < -0.3 is 11.1 Å². The Morgan fingerprint density at radius 2 is 2.53 bits per heavy atom. The van der Waals surface area contributed by atoms with Gasteiger partial charge in [-0.2, -0.15) is 5.10 Å². The lowest BCUT2D eigenvalue weighted by Gasteiger charge is -2.14. The lowest BCUT2D eigenvalue weighted by molar-refractivity contribution is 0.547. The zero-order valence-corrected chi connectivity index (χ0v) is 9.32. The fourth-order valence-electron chi connectivity index (χ4n) is 1.43. The van der Waals surface area contributed by atoms with Gasteiger partial charge in [-0.05, 0) is 19.9 Å². The second-order valence-electron chi connectivity index (χ2n) is 3.45. The van der Waals surface area contributed by atoms with E-state index in [-0.39, 0.29) is 6.04 Å². The summed E-state index contributed by atoms with van der Waals surface area (Å²) in [6.45, 7) is 8.14. The van der Waals surface area contributed by atoms with Crippen molar-refractivity contribution in [2.45, 2.75) is 25.9 Å². The number of rotatable bonds is 7. The van der Waals surface area contributed by atoms with Crippen LogP contribution in [0, 0.1) is 0 Å². The number of aryl methyl sites for hydroxylation is 1. The van der Waals surface area contributed by atoms with Crippen molar-refractivity contribution in [3.05, 3.63) is 30.6 Å². The van der Waals surface area contributed by atoms with Gasteiger partial charge in [-0.15, -0.1) is 6.58 Å². The second-order valence-corrected chi connectivity index (χ2v) is 3.45. The molecule has 1 unspecified atom stereocenters. The number of nitrogens with two attached hydrogens (primary N) is 1. The number of hydrogen-bond donors (Lipinski definition) is 2. The first kappa shape index (κ1) is 11.9. The molecule has 0 radical (unpaired) electrons. The highest BCUT2D eigenvalue weighted by Crippen LogP contribution is 2.10. The van der Waals surface area contributed by atoms with E-state index in [0.29, 0.717) is 6.54 Å². The third kappa shape index (κ3) is 3.49. The Labute approximate surface area is 91.2 Å². The van der Waals surface area contributed by atoms with Crippen LogP contribution in [0.2, 0.25) is 0 Å². The molecule has 0 saturated carbocycles. The van der Waals surface area contributed by atoms with E-state index in [0.717, 1.165) is 25.1 Å². The van der Waals surface area contributed by atoms with E-state index in [1.807, 2.05) is 23.2 Å². The summed E-state index contributed by atoms with van der Waals surface area (Å²) in [7, 11) is 0. The van der Waals surface area contributed by atoms with E-state index in [9.17, 15) is 0 Å². The van der Waals surface area contributed by atoms with Crippen LogP contribution in [-0.2, 0) is 6.54 Å². The van der Waals surface area contributed by atoms with Crippen LogP contribution in [0.15, 0.2) is 25.0 Å². The lowest BCUT2D eigenvalue weighted by Crippen LogP contribution is -2.28. The van der Waals surface area contributed by atoms with Crippen LogP contribution >= 0.6 is 0 Å². The average Bonchev–Trinajstić information content (AvgIpc) is 2.73. The highest BCUT2D eigenvalue weighted by molar-refractivity contribution is 5.10. The largest absolute Gasteiger partial charge is 0.329 e. The lowest BCUT2D eigenvalue weighted by atomic mass is 10.1. The van der Waals surface area contributed by atoms with Crippen LogP contribution in [0.3, 0.4) is 0 Å². The van der Waals surface area contributed by atoms with E-state index in [1.165, 1.54) is 0 Å². The van der Waals surface area contributed by atoms with Crippen molar-refractivity contribution >= 4 is 0 Å². The maximum Gasteiger partial charge on any atom is 0.0538 e. The van der Waals surface area contributed by atoms with Crippen molar-refractivity contribution in [1.29, 1.82) is 0 Å². The minimum absolute atomic E-state index is 0.199. The molecule has 0 spiro atoms. The molecule has 0 saturated heterocycles. The zero-order valence-electron chi connectivity index (χ0n) is 9.32. The van der Waals surface area contributed by atoms with Crippen molar-refractivity contribution < 1.29 is 0 Å². The van der Waals surface area contributed by atoms with Crippen molar-refractivity contribution in [3.8, 4) is 0 Å². The van der Waals surface area contributed by atoms with Gasteiger partial charge in [0.2, 0.25) is 0 Å². The number of hydrogen-bond acceptors (Lipinski definition) is 3. The summed E-state index contributed by atoms with van der Waals surface area (Å²) in [6.07, 6.45) is 6.77. The van der Waals surface area contributed by atoms with Gasteiger partial charge in [-0.25, -0.2) is 0 Å². The standard InChI is InChI=1S/C11H20N4/c1-3-5-6-13-11(7-12)10-8-14-15(4-2)9-10/h3,8-9,11,13H,1,4-7,12H2,2H3. The maximum absolute atomic E-state index is 5.71. The Morgan fingerprint density at radius 3 is 3.07 bits per heavy atom. The molecule has 0 aliphatic carbocycles. The molecule has 1 rings (SSSR count). The van der Waals surface area contributed by atoms with Gasteiger partial charge in [-0.3, -0.25) is 4.68 Å². The van der Waals surface area contributed by atoms with Gasteiger partial charge >= 0.3 is 0 Å². The van der Waals surface area contributed by atoms with E-state index in [2.05, 4.69) is 23.9 Å². The molecule has 1 heterocycles. The van der Waals surface area contributed by atoms with E-state index >= 15 is 0 Å². The molecule has 15 heavy (non-hydrogen) atoms. The van der Waals surface area contributed by atoms with Crippen LogP contribution < -0.4 is 11.1 Å². The molecule has 0 fully saturated rings. The predicted octanol–water partition coefficient (Wildman–Crippen LogP) is 1.07. The normalized spacial score (nSPS) is 12.7. The third-order valence-corrected chi connectivity index (χ3v) is 2.35. The second kappa shape index (κ2) is 6.37. The van der Waals surface area contributed by atoms with Crippen molar-refractivity contribution in [3.63, 3.8) is 0 Å². The summed E-state index contributed by atoms with van der Waals surface area (Å²) in [6, 6.07) is 0.199. The Hall–Kier alpha value is -1.13. The summed E-state index contributed by atoms with van der Waals surface area (Å²) >= 11 is 0. The third-order valence-electron chi connectivity index (χ3n) is 2.35. The van der Waals surface area contributed by atoms with Crippen molar-refractivity contribution in [2.24, 2.45) is 5.73 Å². The highest BCUT2D eigenvalue weighted by atomic mass is 15.3. The van der Waals surface area contributed by atoms with Crippen LogP contribution in [0.5, 0.6) is 0 Å². The maximum atomic E-state index is 5.71. The Morgan fingerprint density at radius 1 is 1.73 bits per heavy atom. The number of nitrogens with zero attached hydrogens (tertiary/aromatic N) is 2. The first-order valence-electron chi connectivity index (χ1n) is 5.38. The number of aromatic nitrogens is 2. The molecule has 84 valence electrons. The molecular weight excluding hydrogens is 188 g/mol. The molecule has 4 heteroatoms. The number of nitrogens with one attached hydrogen (secondary N) is 1. The quantitative estimate of drug-likeness (QED) is 0.520. The molecule has 3 N–H and O–H groups in total. The van der Waals surface area contributed by atoms with Crippen LogP contribution in [0.4, 0.5) is 0 Å². The Kier molecular flexibility index (Phi) is 5.07. The van der Waals surface area contributed by atoms with Gasteiger partial charge in [0, 0.05) is 30.9 Å². The van der Waals surface area contributed by atoms with Gasteiger partial charge in [0.25, 0.3) is 0 Å².